The number of benzene rings is 1. The van der Waals surface area contributed by atoms with Crippen LogP contribution in [0, 0.1) is 10.1 Å². The number of amides is 1. The number of rotatable bonds is 1. The fraction of sp³-hybridized carbons (Fsp3) is 0.250. The average molecular weight is 234 g/mol. The van der Waals surface area contributed by atoms with Crippen LogP contribution in [0.4, 0.5) is 11.4 Å². The van der Waals surface area contributed by atoms with Gasteiger partial charge in [0.25, 0.3) is 11.6 Å². The average Bonchev–Trinajstić information content (AvgIpc) is 2.65. The molecule has 1 aromatic carbocycles. The first-order valence-corrected chi connectivity index (χ1v) is 5.40. The lowest BCUT2D eigenvalue weighted by atomic mass is 10.1. The maximum absolute atomic E-state index is 11.4. The Morgan fingerprint density at radius 3 is 2.53 bits per heavy atom. The summed E-state index contributed by atoms with van der Waals surface area (Å²) in [5, 5.41) is 13.2. The van der Waals surface area contributed by atoms with Crippen LogP contribution in [-0.4, -0.2) is 10.8 Å². The fourth-order valence-corrected chi connectivity index (χ4v) is 1.58. The molecule has 17 heavy (non-hydrogen) atoms. The van der Waals surface area contributed by atoms with Crippen molar-refractivity contribution in [2.75, 3.05) is 5.32 Å². The van der Waals surface area contributed by atoms with E-state index in [0.717, 1.165) is 0 Å². The quantitative estimate of drug-likeness (QED) is 0.461. The van der Waals surface area contributed by atoms with Crippen LogP contribution < -0.4 is 5.32 Å². The number of non-ortho nitro benzene ring substituents is 1. The van der Waals surface area contributed by atoms with Gasteiger partial charge in [-0.1, -0.05) is 19.9 Å². The van der Waals surface area contributed by atoms with Crippen molar-refractivity contribution in [2.24, 2.45) is 0 Å². The summed E-state index contributed by atoms with van der Waals surface area (Å²) in [6, 6.07) is 4.32. The molecule has 0 fully saturated rings. The van der Waals surface area contributed by atoms with E-state index in [2.05, 4.69) is 5.32 Å². The van der Waals surface area contributed by atoms with E-state index in [-0.39, 0.29) is 11.6 Å². The van der Waals surface area contributed by atoms with Gasteiger partial charge in [-0.15, -0.1) is 0 Å². The zero-order valence-corrected chi connectivity index (χ0v) is 9.98. The van der Waals surface area contributed by atoms with Crippen molar-refractivity contribution in [3.8, 4) is 0 Å². The summed E-state index contributed by atoms with van der Waals surface area (Å²) in [4.78, 5) is 21.5. The molecule has 1 N–H and O–H groups in total. The van der Waals surface area contributed by atoms with Crippen LogP contribution in [0.1, 0.15) is 26.3 Å². The number of hydrogen-bond donors (Lipinski definition) is 1. The Balaban J connectivity index is 0.000000686. The van der Waals surface area contributed by atoms with Crippen LogP contribution in [0.5, 0.6) is 0 Å². The first kappa shape index (κ1) is 12.9. The molecule has 0 bridgehead atoms. The summed E-state index contributed by atoms with van der Waals surface area (Å²) in [5.41, 5.74) is 1.69. The molecule has 0 aliphatic carbocycles. The molecule has 0 saturated carbocycles. The van der Waals surface area contributed by atoms with Crippen molar-refractivity contribution in [3.63, 3.8) is 0 Å². The van der Waals surface area contributed by atoms with Crippen molar-refractivity contribution in [3.05, 3.63) is 40.0 Å². The Morgan fingerprint density at radius 2 is 2.00 bits per heavy atom. The van der Waals surface area contributed by atoms with Crippen LogP contribution in [-0.2, 0) is 4.79 Å². The molecule has 1 heterocycles. The molecule has 0 spiro atoms. The number of carbonyl (C=O) groups is 1. The monoisotopic (exact) mass is 234 g/mol. The predicted octanol–water partition coefficient (Wildman–Crippen LogP) is 2.98. The van der Waals surface area contributed by atoms with E-state index in [1.54, 1.807) is 19.1 Å². The zero-order valence-electron chi connectivity index (χ0n) is 9.98. The van der Waals surface area contributed by atoms with Crippen molar-refractivity contribution < 1.29 is 9.72 Å². The lowest BCUT2D eigenvalue weighted by molar-refractivity contribution is -0.384. The highest BCUT2D eigenvalue weighted by Crippen LogP contribution is 2.34. The second-order valence-corrected chi connectivity index (χ2v) is 3.14. The maximum atomic E-state index is 11.4. The summed E-state index contributed by atoms with van der Waals surface area (Å²) in [6.45, 7) is 5.73. The van der Waals surface area contributed by atoms with E-state index >= 15 is 0 Å². The smallest absolute Gasteiger partial charge is 0.270 e. The van der Waals surface area contributed by atoms with E-state index in [9.17, 15) is 14.9 Å². The van der Waals surface area contributed by atoms with Gasteiger partial charge in [-0.3, -0.25) is 14.9 Å². The molecule has 0 radical (unpaired) electrons. The maximum Gasteiger partial charge on any atom is 0.270 e. The Hall–Kier alpha value is -2.17. The standard InChI is InChI=1S/C10H8N2O3.C2H6/c1-2-7-8-5-6(12(14)15)3-4-9(8)11-10(7)13;1-2/h2-5H,1H3,(H,11,13);1-2H3/b7-2-;. The third kappa shape index (κ3) is 2.33. The Morgan fingerprint density at radius 1 is 1.35 bits per heavy atom. The van der Waals surface area contributed by atoms with Crippen LogP contribution in [0.25, 0.3) is 5.57 Å². The summed E-state index contributed by atoms with van der Waals surface area (Å²) >= 11 is 0. The molecule has 2 rings (SSSR count). The summed E-state index contributed by atoms with van der Waals surface area (Å²) in [7, 11) is 0. The van der Waals surface area contributed by atoms with Gasteiger partial charge in [0.1, 0.15) is 0 Å². The molecule has 0 aromatic heterocycles. The number of allylic oxidation sites excluding steroid dienone is 1. The first-order chi connectivity index (χ1) is 8.13. The highest BCUT2D eigenvalue weighted by molar-refractivity contribution is 6.31. The predicted molar refractivity (Wildman–Crippen MR) is 66.7 cm³/mol. The number of fused-ring (bicyclic) bond motifs is 1. The lowest BCUT2D eigenvalue weighted by Gasteiger charge is -1.97. The minimum Gasteiger partial charge on any atom is -0.321 e. The van der Waals surface area contributed by atoms with Crippen LogP contribution in [0.15, 0.2) is 24.3 Å². The van der Waals surface area contributed by atoms with E-state index in [1.165, 1.54) is 12.1 Å². The van der Waals surface area contributed by atoms with Gasteiger partial charge in [0.2, 0.25) is 0 Å². The second kappa shape index (κ2) is 5.25. The molecule has 1 aliphatic rings. The van der Waals surface area contributed by atoms with Gasteiger partial charge < -0.3 is 5.32 Å². The summed E-state index contributed by atoms with van der Waals surface area (Å²) in [5.74, 6) is -0.215. The molecule has 0 unspecified atom stereocenters. The number of nitrogens with zero attached hydrogens (tertiary/aromatic N) is 1. The van der Waals surface area contributed by atoms with Gasteiger partial charge in [0.15, 0.2) is 0 Å². The highest BCUT2D eigenvalue weighted by atomic mass is 16.6. The van der Waals surface area contributed by atoms with E-state index in [1.807, 2.05) is 13.8 Å². The van der Waals surface area contributed by atoms with Crippen molar-refractivity contribution >= 4 is 22.9 Å². The molecule has 0 saturated heterocycles. The topological polar surface area (TPSA) is 72.2 Å². The minimum absolute atomic E-state index is 0.00963. The molecule has 1 amide bonds. The van der Waals surface area contributed by atoms with E-state index in [0.29, 0.717) is 16.8 Å². The molecular formula is C12H14N2O3. The van der Waals surface area contributed by atoms with Gasteiger partial charge in [-0.2, -0.15) is 0 Å². The molecule has 90 valence electrons. The first-order valence-electron chi connectivity index (χ1n) is 5.40. The number of nitrogens with one attached hydrogen (secondary N) is 1. The summed E-state index contributed by atoms with van der Waals surface area (Å²) in [6.07, 6.45) is 1.64. The number of nitro benzene ring substituents is 1. The minimum atomic E-state index is -0.476. The molecule has 5 nitrogen and oxygen atoms in total. The third-order valence-corrected chi connectivity index (χ3v) is 2.29. The van der Waals surface area contributed by atoms with Crippen LogP contribution in [0.2, 0.25) is 0 Å². The lowest BCUT2D eigenvalue weighted by Crippen LogP contribution is -2.03. The Labute approximate surface area is 99.3 Å². The Bertz CT molecular complexity index is 493. The third-order valence-electron chi connectivity index (χ3n) is 2.29. The van der Waals surface area contributed by atoms with E-state index < -0.39 is 4.92 Å². The van der Waals surface area contributed by atoms with Crippen molar-refractivity contribution in [1.82, 2.24) is 0 Å². The highest BCUT2D eigenvalue weighted by Gasteiger charge is 2.25. The molecule has 1 aromatic rings. The number of carbonyl (C=O) groups excluding carboxylic acids is 1. The van der Waals surface area contributed by atoms with Crippen LogP contribution in [0.3, 0.4) is 0 Å². The molecule has 0 atom stereocenters. The van der Waals surface area contributed by atoms with E-state index in [4.69, 9.17) is 0 Å². The van der Waals surface area contributed by atoms with Crippen LogP contribution >= 0.6 is 0 Å². The van der Waals surface area contributed by atoms with Gasteiger partial charge in [-0.05, 0) is 13.0 Å². The van der Waals surface area contributed by atoms with Crippen molar-refractivity contribution in [1.29, 1.82) is 0 Å². The second-order valence-electron chi connectivity index (χ2n) is 3.14. The molecule has 1 aliphatic heterocycles. The zero-order chi connectivity index (χ0) is 13.0. The van der Waals surface area contributed by atoms with Gasteiger partial charge >= 0.3 is 0 Å². The normalized spacial score (nSPS) is 14.8. The molecule has 5 heteroatoms. The van der Waals surface area contributed by atoms with Gasteiger partial charge in [-0.25, -0.2) is 0 Å². The fourth-order valence-electron chi connectivity index (χ4n) is 1.58. The largest absolute Gasteiger partial charge is 0.321 e. The number of anilines is 1. The van der Waals surface area contributed by atoms with Gasteiger partial charge in [0, 0.05) is 29.0 Å². The summed E-state index contributed by atoms with van der Waals surface area (Å²) < 4.78 is 0. The molecular weight excluding hydrogens is 220 g/mol. The Kier molecular flexibility index (Phi) is 3.98. The number of hydrogen-bond acceptors (Lipinski definition) is 3. The SMILES string of the molecule is C/C=C1\C(=O)Nc2ccc([N+](=O)[O-])cc21.CC. The van der Waals surface area contributed by atoms with Gasteiger partial charge in [0.05, 0.1) is 4.92 Å². The number of nitro groups is 1. The van der Waals surface area contributed by atoms with Crippen molar-refractivity contribution in [2.45, 2.75) is 20.8 Å².